The summed E-state index contributed by atoms with van der Waals surface area (Å²) >= 11 is 0. The van der Waals surface area contributed by atoms with Crippen LogP contribution in [-0.2, 0) is 27.8 Å². The van der Waals surface area contributed by atoms with E-state index < -0.39 is 10.0 Å². The van der Waals surface area contributed by atoms with Crippen molar-refractivity contribution in [1.29, 1.82) is 0 Å². The van der Waals surface area contributed by atoms with Gasteiger partial charge in [-0.05, 0) is 42.5 Å². The smallest absolute Gasteiger partial charge is 0.235 e. The lowest BCUT2D eigenvalue weighted by Gasteiger charge is -2.27. The van der Waals surface area contributed by atoms with Gasteiger partial charge in [0.05, 0.1) is 31.1 Å². The van der Waals surface area contributed by atoms with E-state index in [2.05, 4.69) is 16.4 Å². The Hall–Kier alpha value is -2.25. The fourth-order valence-corrected chi connectivity index (χ4v) is 3.99. The topological polar surface area (TPSA) is 79.4 Å². The highest BCUT2D eigenvalue weighted by molar-refractivity contribution is 7.88. The normalized spacial score (nSPS) is 16.9. The number of carbonyl (C=O) groups excluding carboxylic acids is 1. The molecule has 1 aromatic carbocycles. The first-order chi connectivity index (χ1) is 12.4. The van der Waals surface area contributed by atoms with Crippen molar-refractivity contribution in [2.75, 3.05) is 12.8 Å². The van der Waals surface area contributed by atoms with Crippen LogP contribution in [0.1, 0.15) is 35.7 Å². The second-order valence-electron chi connectivity index (χ2n) is 6.56. The number of sulfonamides is 1. The third-order valence-electron chi connectivity index (χ3n) is 4.56. The monoisotopic (exact) mass is 373 g/mol. The molecule has 1 aliphatic rings. The maximum atomic E-state index is 12.5. The summed E-state index contributed by atoms with van der Waals surface area (Å²) in [6.07, 6.45) is 5.60. The largest absolute Gasteiger partial charge is 0.348 e. The van der Waals surface area contributed by atoms with Gasteiger partial charge in [0.15, 0.2) is 0 Å². The minimum atomic E-state index is -3.53. The van der Waals surface area contributed by atoms with Crippen molar-refractivity contribution in [2.45, 2.75) is 31.8 Å². The number of nitrogens with zero attached hydrogens (tertiary/aromatic N) is 2. The quantitative estimate of drug-likeness (QED) is 0.840. The van der Waals surface area contributed by atoms with E-state index in [1.165, 1.54) is 5.56 Å². The van der Waals surface area contributed by atoms with Gasteiger partial charge < -0.3 is 5.32 Å². The summed E-state index contributed by atoms with van der Waals surface area (Å²) in [5.74, 6) is -0.298. The van der Waals surface area contributed by atoms with Crippen LogP contribution >= 0.6 is 0 Å². The van der Waals surface area contributed by atoms with Crippen LogP contribution in [0.5, 0.6) is 0 Å². The fourth-order valence-electron chi connectivity index (χ4n) is 3.27. The lowest BCUT2D eigenvalue weighted by Crippen LogP contribution is -2.41. The molecule has 0 saturated carbocycles. The van der Waals surface area contributed by atoms with Crippen LogP contribution in [0.2, 0.25) is 0 Å². The number of nitrogens with one attached hydrogen (secondary N) is 1. The van der Waals surface area contributed by atoms with Crippen molar-refractivity contribution in [3.63, 3.8) is 0 Å². The Kier molecular flexibility index (Phi) is 5.68. The van der Waals surface area contributed by atoms with Gasteiger partial charge in [-0.15, -0.1) is 0 Å². The molecule has 1 unspecified atom stereocenters. The number of benzene rings is 1. The molecule has 1 amide bonds. The zero-order chi connectivity index (χ0) is 18.6. The number of rotatable bonds is 6. The molecule has 0 radical (unpaired) electrons. The van der Waals surface area contributed by atoms with E-state index in [0.29, 0.717) is 5.69 Å². The highest BCUT2D eigenvalue weighted by Gasteiger charge is 2.25. The predicted octanol–water partition coefficient (Wildman–Crippen LogP) is 2.04. The van der Waals surface area contributed by atoms with Crippen molar-refractivity contribution in [3.05, 3.63) is 65.5 Å². The Morgan fingerprint density at radius 1 is 1.23 bits per heavy atom. The van der Waals surface area contributed by atoms with Crippen LogP contribution in [0.15, 0.2) is 48.7 Å². The van der Waals surface area contributed by atoms with Gasteiger partial charge in [-0.3, -0.25) is 9.78 Å². The summed E-state index contributed by atoms with van der Waals surface area (Å²) in [5.41, 5.74) is 2.98. The molecule has 1 atom stereocenters. The number of hydrogen-bond donors (Lipinski definition) is 1. The number of aryl methyl sites for hydroxylation is 1. The van der Waals surface area contributed by atoms with Gasteiger partial charge in [0.1, 0.15) is 0 Å². The van der Waals surface area contributed by atoms with E-state index in [0.717, 1.165) is 35.4 Å². The maximum absolute atomic E-state index is 12.5. The van der Waals surface area contributed by atoms with Gasteiger partial charge in [-0.25, -0.2) is 8.42 Å². The van der Waals surface area contributed by atoms with Crippen molar-refractivity contribution in [3.8, 4) is 0 Å². The molecule has 2 aromatic rings. The molecule has 0 aliphatic heterocycles. The Labute approximate surface area is 154 Å². The van der Waals surface area contributed by atoms with Gasteiger partial charge in [-0.1, -0.05) is 30.3 Å². The highest BCUT2D eigenvalue weighted by atomic mass is 32.2. The van der Waals surface area contributed by atoms with Crippen LogP contribution in [0.25, 0.3) is 0 Å². The average molecular weight is 373 g/mol. The zero-order valence-corrected chi connectivity index (χ0v) is 15.6. The molecule has 1 aliphatic carbocycles. The van der Waals surface area contributed by atoms with Gasteiger partial charge in [0, 0.05) is 6.20 Å². The Morgan fingerprint density at radius 2 is 2.00 bits per heavy atom. The molecule has 138 valence electrons. The first-order valence-corrected chi connectivity index (χ1v) is 10.5. The second-order valence-corrected chi connectivity index (χ2v) is 8.55. The maximum Gasteiger partial charge on any atom is 0.235 e. The van der Waals surface area contributed by atoms with Crippen molar-refractivity contribution < 1.29 is 13.2 Å². The predicted molar refractivity (Wildman–Crippen MR) is 99.8 cm³/mol. The summed E-state index contributed by atoms with van der Waals surface area (Å²) < 4.78 is 25.3. The van der Waals surface area contributed by atoms with Gasteiger partial charge >= 0.3 is 0 Å². The molecule has 1 N–H and O–H groups in total. The van der Waals surface area contributed by atoms with Crippen LogP contribution in [0.4, 0.5) is 0 Å². The number of fused-ring (bicyclic) bond motifs is 1. The van der Waals surface area contributed by atoms with Crippen molar-refractivity contribution in [1.82, 2.24) is 14.6 Å². The van der Waals surface area contributed by atoms with Crippen LogP contribution < -0.4 is 5.32 Å². The molecule has 7 heteroatoms. The Morgan fingerprint density at radius 3 is 2.73 bits per heavy atom. The Bertz CT molecular complexity index is 869. The SMILES string of the molecule is CS(=O)(=O)N(CC(=O)NC1CCCc2ccccc21)Cc1ccccn1. The lowest BCUT2D eigenvalue weighted by atomic mass is 9.88. The minimum Gasteiger partial charge on any atom is -0.348 e. The summed E-state index contributed by atoms with van der Waals surface area (Å²) in [4.78, 5) is 16.7. The summed E-state index contributed by atoms with van der Waals surface area (Å²) in [6, 6.07) is 13.3. The summed E-state index contributed by atoms with van der Waals surface area (Å²) in [7, 11) is -3.53. The molecule has 0 fully saturated rings. The van der Waals surface area contributed by atoms with E-state index in [9.17, 15) is 13.2 Å². The third kappa shape index (κ3) is 4.68. The molecular weight excluding hydrogens is 350 g/mol. The molecule has 26 heavy (non-hydrogen) atoms. The van der Waals surface area contributed by atoms with Crippen LogP contribution in [-0.4, -0.2) is 36.4 Å². The van der Waals surface area contributed by atoms with Gasteiger partial charge in [0.2, 0.25) is 15.9 Å². The molecule has 0 saturated heterocycles. The number of pyridine rings is 1. The summed E-state index contributed by atoms with van der Waals surface area (Å²) in [5, 5.41) is 3.00. The number of carbonyl (C=O) groups is 1. The van der Waals surface area contributed by atoms with E-state index in [4.69, 9.17) is 0 Å². The molecule has 6 nitrogen and oxygen atoms in total. The summed E-state index contributed by atoms with van der Waals surface area (Å²) in [6.45, 7) is -0.136. The second kappa shape index (κ2) is 7.97. The van der Waals surface area contributed by atoms with E-state index in [-0.39, 0.29) is 25.0 Å². The molecule has 1 aromatic heterocycles. The van der Waals surface area contributed by atoms with E-state index in [1.54, 1.807) is 24.4 Å². The lowest BCUT2D eigenvalue weighted by molar-refractivity contribution is -0.122. The first-order valence-electron chi connectivity index (χ1n) is 8.65. The molecular formula is C19H23N3O3S. The molecule has 0 spiro atoms. The van der Waals surface area contributed by atoms with Crippen LogP contribution in [0, 0.1) is 0 Å². The third-order valence-corrected chi connectivity index (χ3v) is 5.75. The van der Waals surface area contributed by atoms with Crippen LogP contribution in [0.3, 0.4) is 0 Å². The van der Waals surface area contributed by atoms with Crippen molar-refractivity contribution in [2.24, 2.45) is 0 Å². The van der Waals surface area contributed by atoms with E-state index in [1.807, 2.05) is 18.2 Å². The van der Waals surface area contributed by atoms with Gasteiger partial charge in [-0.2, -0.15) is 4.31 Å². The molecule has 1 heterocycles. The first kappa shape index (κ1) is 18.5. The zero-order valence-electron chi connectivity index (χ0n) is 14.8. The van der Waals surface area contributed by atoms with E-state index >= 15 is 0 Å². The number of aromatic nitrogens is 1. The highest BCUT2D eigenvalue weighted by Crippen LogP contribution is 2.29. The average Bonchev–Trinajstić information content (AvgIpc) is 2.61. The number of amides is 1. The minimum absolute atomic E-state index is 0.0660. The standard InChI is InChI=1S/C19H23N3O3S/c1-26(24,25)22(13-16-9-4-5-12-20-16)14-19(23)21-18-11-6-8-15-7-2-3-10-17(15)18/h2-5,7,9-10,12,18H,6,8,11,13-14H2,1H3,(H,21,23). The molecule has 3 rings (SSSR count). The fraction of sp³-hybridized carbons (Fsp3) is 0.368. The Balaban J connectivity index is 1.69. The molecule has 0 bridgehead atoms. The number of hydrogen-bond acceptors (Lipinski definition) is 4. The van der Waals surface area contributed by atoms with Gasteiger partial charge in [0.25, 0.3) is 0 Å². The van der Waals surface area contributed by atoms with Crippen molar-refractivity contribution >= 4 is 15.9 Å².